The molecule has 8 nitrogen and oxygen atoms in total. The van der Waals surface area contributed by atoms with E-state index in [1.165, 1.54) is 22.3 Å². The third-order valence-electron chi connectivity index (χ3n) is 7.77. The van der Waals surface area contributed by atoms with Crippen molar-refractivity contribution < 1.29 is 31.6 Å². The monoisotopic (exact) mass is 617 g/mol. The quantitative estimate of drug-likeness (QED) is 0.360. The molecule has 1 spiro atoms. The van der Waals surface area contributed by atoms with E-state index < -0.39 is 52.9 Å². The fourth-order valence-corrected chi connectivity index (χ4v) is 6.73. The molecule has 2 aliphatic heterocycles. The van der Waals surface area contributed by atoms with Crippen molar-refractivity contribution in [2.45, 2.75) is 38.0 Å². The molecule has 0 bridgehead atoms. The van der Waals surface area contributed by atoms with Crippen molar-refractivity contribution in [1.82, 2.24) is 25.0 Å². The van der Waals surface area contributed by atoms with E-state index in [1.54, 1.807) is 18.7 Å². The summed E-state index contributed by atoms with van der Waals surface area (Å²) in [5.74, 6) is -10.8. The third-order valence-corrected chi connectivity index (χ3v) is 9.57. The Bertz CT molecular complexity index is 1540. The number of carbonyl (C=O) groups is 2. The molecule has 0 radical (unpaired) electrons. The molecule has 2 atom stereocenters. The Labute approximate surface area is 239 Å². The van der Waals surface area contributed by atoms with E-state index >= 15 is 8.78 Å². The zero-order valence-corrected chi connectivity index (χ0v) is 23.4. The molecule has 1 unspecified atom stereocenters. The fraction of sp³-hybridized carbons (Fsp3) is 0.480. The highest BCUT2D eigenvalue weighted by Crippen LogP contribution is 2.54. The van der Waals surface area contributed by atoms with Gasteiger partial charge >= 0.3 is 5.92 Å². The lowest BCUT2D eigenvalue weighted by atomic mass is 9.71. The maximum Gasteiger partial charge on any atom is 0.349 e. The van der Waals surface area contributed by atoms with Crippen LogP contribution in [0.2, 0.25) is 10.0 Å². The average molecular weight is 618 g/mol. The van der Waals surface area contributed by atoms with Gasteiger partial charge in [-0.2, -0.15) is 8.78 Å². The second-order valence-corrected chi connectivity index (χ2v) is 12.6. The lowest BCUT2D eigenvalue weighted by Crippen LogP contribution is -2.62. The summed E-state index contributed by atoms with van der Waals surface area (Å²) in [5.41, 5.74) is -0.768. The third kappa shape index (κ3) is 4.37. The lowest BCUT2D eigenvalue weighted by molar-refractivity contribution is -0.147. The first-order valence-corrected chi connectivity index (χ1v) is 13.9. The van der Waals surface area contributed by atoms with Gasteiger partial charge in [-0.1, -0.05) is 29.3 Å². The van der Waals surface area contributed by atoms with Crippen LogP contribution in [0.1, 0.15) is 50.1 Å². The van der Waals surface area contributed by atoms with Crippen LogP contribution < -0.4 is 0 Å². The van der Waals surface area contributed by atoms with Crippen LogP contribution in [0.25, 0.3) is 0 Å². The molecule has 6 rings (SSSR count). The Kier molecular flexibility index (Phi) is 6.25. The number of carbonyl (C=O) groups excluding carboxylic acids is 2. The van der Waals surface area contributed by atoms with Crippen molar-refractivity contribution in [3.05, 3.63) is 61.2 Å². The first-order valence-electron chi connectivity index (χ1n) is 12.3. The normalized spacial score (nSPS) is 23.0. The Morgan fingerprint density at radius 2 is 1.77 bits per heavy atom. The minimum absolute atomic E-state index is 0.0501. The molecular weight excluding hydrogens is 597 g/mol. The fourth-order valence-electron chi connectivity index (χ4n) is 5.55. The van der Waals surface area contributed by atoms with Crippen LogP contribution in [0.15, 0.2) is 22.6 Å². The second-order valence-electron chi connectivity index (χ2n) is 10.6. The highest BCUT2D eigenvalue weighted by molar-refractivity contribution is 7.13. The second kappa shape index (κ2) is 9.12. The zero-order valence-electron chi connectivity index (χ0n) is 21.1. The van der Waals surface area contributed by atoms with Gasteiger partial charge in [-0.25, -0.2) is 13.8 Å². The minimum atomic E-state index is -3.70. The van der Waals surface area contributed by atoms with Gasteiger partial charge in [-0.15, -0.1) is 21.5 Å². The van der Waals surface area contributed by atoms with Gasteiger partial charge in [0.2, 0.25) is 11.8 Å². The van der Waals surface area contributed by atoms with Gasteiger partial charge in [0.25, 0.3) is 17.7 Å². The number of halogens is 6. The van der Waals surface area contributed by atoms with Crippen molar-refractivity contribution in [2.75, 3.05) is 26.2 Å². The number of alkyl halides is 4. The van der Waals surface area contributed by atoms with Gasteiger partial charge in [0, 0.05) is 43.6 Å². The van der Waals surface area contributed by atoms with E-state index in [2.05, 4.69) is 15.2 Å². The molecule has 3 aromatic rings. The number of aryl methyl sites for hydroxylation is 2. The number of nitrogens with zero attached hydrogens (tertiary/aromatic N) is 5. The largest absolute Gasteiger partial charge is 0.419 e. The highest BCUT2D eigenvalue weighted by Gasteiger charge is 2.66. The minimum Gasteiger partial charge on any atom is -0.419 e. The van der Waals surface area contributed by atoms with Crippen LogP contribution >= 0.6 is 34.5 Å². The van der Waals surface area contributed by atoms with E-state index in [1.807, 2.05) is 0 Å². The number of likely N-dealkylation sites (tertiary alicyclic amines) is 2. The predicted octanol–water partition coefficient (Wildman–Crippen LogP) is 5.31. The molecule has 15 heteroatoms. The molecule has 1 aromatic carbocycles. The number of thiazole rings is 1. The Hall–Kier alpha value is -2.77. The van der Waals surface area contributed by atoms with Crippen molar-refractivity contribution in [3.8, 4) is 0 Å². The maximum atomic E-state index is 15.3. The molecular formula is C25H21Cl2F4N5O3S. The molecule has 3 aliphatic rings. The van der Waals surface area contributed by atoms with Crippen LogP contribution in [-0.4, -0.2) is 68.9 Å². The summed E-state index contributed by atoms with van der Waals surface area (Å²) in [6.07, 6.45) is -0.496. The molecule has 3 fully saturated rings. The predicted molar refractivity (Wildman–Crippen MR) is 136 cm³/mol. The SMILES string of the molecule is Cc1nc(C)c(C(=O)N2CC(c3nnc(C(F)(F)c4ccc(Cl)c(Cl)c4)o3)C3(C2)CN(C(=O)[C@H]2CC2(F)F)C3)s1. The summed E-state index contributed by atoms with van der Waals surface area (Å²) in [4.78, 5) is 33.6. The summed E-state index contributed by atoms with van der Waals surface area (Å²) < 4.78 is 63.2. The van der Waals surface area contributed by atoms with Crippen molar-refractivity contribution in [2.24, 2.45) is 11.3 Å². The molecule has 2 saturated heterocycles. The van der Waals surface area contributed by atoms with Gasteiger partial charge in [0.1, 0.15) is 10.8 Å². The molecule has 1 aliphatic carbocycles. The van der Waals surface area contributed by atoms with E-state index in [9.17, 15) is 18.4 Å². The summed E-state index contributed by atoms with van der Waals surface area (Å²) in [6, 6.07) is 3.33. The van der Waals surface area contributed by atoms with Gasteiger partial charge in [0.15, 0.2) is 0 Å². The first-order chi connectivity index (χ1) is 18.7. The molecule has 0 N–H and O–H groups in total. The van der Waals surface area contributed by atoms with Gasteiger partial charge in [0.05, 0.1) is 26.7 Å². The van der Waals surface area contributed by atoms with E-state index in [0.717, 1.165) is 12.1 Å². The number of hydrogen-bond acceptors (Lipinski definition) is 7. The maximum absolute atomic E-state index is 15.3. The lowest BCUT2D eigenvalue weighted by Gasteiger charge is -2.50. The number of amides is 2. The van der Waals surface area contributed by atoms with Crippen LogP contribution in [0.4, 0.5) is 17.6 Å². The summed E-state index contributed by atoms with van der Waals surface area (Å²) in [6.45, 7) is 3.80. The number of hydrogen-bond donors (Lipinski definition) is 0. The van der Waals surface area contributed by atoms with Crippen molar-refractivity contribution in [3.63, 3.8) is 0 Å². The zero-order chi connectivity index (χ0) is 28.8. The van der Waals surface area contributed by atoms with Gasteiger partial charge in [-0.05, 0) is 26.0 Å². The Morgan fingerprint density at radius 1 is 1.10 bits per heavy atom. The summed E-state index contributed by atoms with van der Waals surface area (Å²) >= 11 is 13.0. The van der Waals surface area contributed by atoms with Crippen LogP contribution in [0, 0.1) is 25.2 Å². The molecule has 4 heterocycles. The van der Waals surface area contributed by atoms with Crippen LogP contribution in [-0.2, 0) is 10.7 Å². The van der Waals surface area contributed by atoms with Crippen LogP contribution in [0.3, 0.4) is 0 Å². The van der Waals surface area contributed by atoms with E-state index in [4.69, 9.17) is 27.6 Å². The smallest absolute Gasteiger partial charge is 0.349 e. The first kappa shape index (κ1) is 27.4. The van der Waals surface area contributed by atoms with Gasteiger partial charge < -0.3 is 14.2 Å². The molecule has 212 valence electrons. The van der Waals surface area contributed by atoms with Crippen molar-refractivity contribution >= 4 is 46.4 Å². The molecule has 2 aromatic heterocycles. The highest BCUT2D eigenvalue weighted by atomic mass is 35.5. The molecule has 40 heavy (non-hydrogen) atoms. The Morgan fingerprint density at radius 3 is 2.38 bits per heavy atom. The summed E-state index contributed by atoms with van der Waals surface area (Å²) in [7, 11) is 0. The van der Waals surface area contributed by atoms with Gasteiger partial charge in [-0.3, -0.25) is 9.59 Å². The Balaban J connectivity index is 1.29. The number of rotatable bonds is 5. The van der Waals surface area contributed by atoms with E-state index in [0.29, 0.717) is 15.6 Å². The standard InChI is InChI=1S/C25H21Cl2F4N5O3S/c1-11-18(40-12(2)32-11)21(38)35-7-15(23(8-35)9-36(10-23)20(37)14-6-24(14,28)29)19-33-34-22(39-19)25(30,31)13-3-4-16(26)17(27)5-13/h3-5,14-15H,6-10H2,1-2H3/t14-,15?/m1/s1. The average Bonchev–Trinajstić information content (AvgIpc) is 3.28. The summed E-state index contributed by atoms with van der Waals surface area (Å²) in [5, 5.41) is 8.26. The number of aromatic nitrogens is 3. The molecule has 1 saturated carbocycles. The topological polar surface area (TPSA) is 92.4 Å². The molecule has 2 amide bonds. The van der Waals surface area contributed by atoms with Crippen molar-refractivity contribution in [1.29, 1.82) is 0 Å². The van der Waals surface area contributed by atoms with E-state index in [-0.39, 0.29) is 48.0 Å². The number of benzene rings is 1. The van der Waals surface area contributed by atoms with Crippen LogP contribution in [0.5, 0.6) is 0 Å².